The minimum atomic E-state index is -0.135. The molecule has 0 aliphatic heterocycles. The second-order valence-electron chi connectivity index (χ2n) is 9.00. The van der Waals surface area contributed by atoms with Crippen molar-refractivity contribution in [3.8, 4) is 5.75 Å². The monoisotopic (exact) mass is 357 g/mol. The van der Waals surface area contributed by atoms with Crippen LogP contribution in [0, 0.1) is 17.3 Å². The summed E-state index contributed by atoms with van der Waals surface area (Å²) in [5.41, 5.74) is 3.48. The molecule has 0 heterocycles. The molecule has 142 valence electrons. The molecule has 0 bridgehead atoms. The van der Waals surface area contributed by atoms with Crippen LogP contribution in [0.4, 0.5) is 0 Å². The number of benzene rings is 1. The molecular weight excluding hydrogens is 326 g/mol. The largest absolute Gasteiger partial charge is 0.496 e. The van der Waals surface area contributed by atoms with E-state index in [4.69, 9.17) is 4.74 Å². The summed E-state index contributed by atoms with van der Waals surface area (Å²) in [5, 5.41) is 10.5. The average Bonchev–Trinajstić information content (AvgIpc) is 2.94. The van der Waals surface area contributed by atoms with E-state index in [-0.39, 0.29) is 17.4 Å². The van der Waals surface area contributed by atoms with Crippen LogP contribution in [0.5, 0.6) is 5.75 Å². The molecule has 2 saturated carbocycles. The summed E-state index contributed by atoms with van der Waals surface area (Å²) in [6, 6.07) is 4.21. The number of nitrogens with zero attached hydrogens (tertiary/aromatic N) is 1. The van der Waals surface area contributed by atoms with E-state index in [2.05, 4.69) is 19.1 Å². The number of amides is 1. The Morgan fingerprint density at radius 1 is 1.23 bits per heavy atom. The first-order valence-electron chi connectivity index (χ1n) is 9.97. The Hall–Kier alpha value is -1.55. The van der Waals surface area contributed by atoms with Gasteiger partial charge in [0.2, 0.25) is 0 Å². The van der Waals surface area contributed by atoms with Crippen molar-refractivity contribution in [2.75, 3.05) is 21.2 Å². The number of ether oxygens (including phenoxy) is 1. The van der Waals surface area contributed by atoms with Crippen LogP contribution >= 0.6 is 0 Å². The van der Waals surface area contributed by atoms with Gasteiger partial charge in [0, 0.05) is 14.1 Å². The summed E-state index contributed by atoms with van der Waals surface area (Å²) in [7, 11) is 5.22. The Balaban J connectivity index is 1.72. The lowest BCUT2D eigenvalue weighted by Crippen LogP contribution is -2.44. The van der Waals surface area contributed by atoms with Gasteiger partial charge < -0.3 is 14.7 Å². The van der Waals surface area contributed by atoms with Crippen molar-refractivity contribution in [1.29, 1.82) is 0 Å². The number of aryl methyl sites for hydroxylation is 1. The third-order valence-corrected chi connectivity index (χ3v) is 7.63. The van der Waals surface area contributed by atoms with Gasteiger partial charge in [-0.15, -0.1) is 0 Å². The lowest BCUT2D eigenvalue weighted by atomic mass is 9.55. The van der Waals surface area contributed by atoms with Gasteiger partial charge in [0.05, 0.1) is 18.8 Å². The van der Waals surface area contributed by atoms with Gasteiger partial charge in [-0.25, -0.2) is 0 Å². The normalized spacial score (nSPS) is 35.3. The molecule has 0 radical (unpaired) electrons. The predicted molar refractivity (Wildman–Crippen MR) is 102 cm³/mol. The number of aliphatic hydroxyl groups excluding tert-OH is 1. The van der Waals surface area contributed by atoms with Gasteiger partial charge in [-0.3, -0.25) is 4.79 Å². The molecule has 3 aliphatic carbocycles. The molecule has 26 heavy (non-hydrogen) atoms. The lowest BCUT2D eigenvalue weighted by Gasteiger charge is -2.50. The lowest BCUT2D eigenvalue weighted by molar-refractivity contribution is -0.0226. The van der Waals surface area contributed by atoms with Gasteiger partial charge in [-0.2, -0.15) is 0 Å². The summed E-state index contributed by atoms with van der Waals surface area (Å²) in [6.07, 6.45) is 6.40. The van der Waals surface area contributed by atoms with E-state index >= 15 is 0 Å². The number of carbonyl (C=O) groups excluding carboxylic acids is 1. The van der Waals surface area contributed by atoms with Gasteiger partial charge in [0.15, 0.2) is 0 Å². The maximum absolute atomic E-state index is 12.5. The number of methoxy groups -OCH3 is 1. The van der Waals surface area contributed by atoms with Crippen molar-refractivity contribution in [2.45, 2.75) is 57.5 Å². The third kappa shape index (κ3) is 2.49. The standard InChI is InChI=1S/C22H31NO3/c1-22-10-9-14-15(18(22)7-8-20(22)24)6-5-13-11-17(21(25)23(2)3)19(26-4)12-16(13)14/h11-12,14-15,18,20,24H,5-10H2,1-4H3/t14-,15+,18-,20-,22-/m0/s1. The number of carbonyl (C=O) groups is 1. The first-order chi connectivity index (χ1) is 12.4. The summed E-state index contributed by atoms with van der Waals surface area (Å²) in [6.45, 7) is 2.31. The fourth-order valence-corrected chi connectivity index (χ4v) is 6.15. The van der Waals surface area contributed by atoms with Gasteiger partial charge in [0.1, 0.15) is 5.75 Å². The van der Waals surface area contributed by atoms with E-state index in [1.54, 1.807) is 26.1 Å². The number of rotatable bonds is 2. The van der Waals surface area contributed by atoms with E-state index < -0.39 is 0 Å². The Kier molecular flexibility index (Phi) is 4.30. The quantitative estimate of drug-likeness (QED) is 0.880. The molecule has 1 amide bonds. The van der Waals surface area contributed by atoms with Crippen molar-refractivity contribution in [2.24, 2.45) is 17.3 Å². The topological polar surface area (TPSA) is 49.8 Å². The summed E-state index contributed by atoms with van der Waals surface area (Å²) in [5.74, 6) is 2.52. The molecular formula is C22H31NO3. The SMILES string of the molecule is COc1cc2c(cc1C(=O)N(C)C)CC[C@@H]1[C@@H]2CC[C@]2(C)[C@@H](O)CC[C@@H]12. The highest BCUT2D eigenvalue weighted by Gasteiger charge is 2.54. The zero-order valence-corrected chi connectivity index (χ0v) is 16.4. The van der Waals surface area contributed by atoms with E-state index in [1.165, 1.54) is 17.5 Å². The molecule has 4 heteroatoms. The van der Waals surface area contributed by atoms with Crippen LogP contribution in [-0.4, -0.2) is 43.2 Å². The second kappa shape index (κ2) is 6.26. The minimum absolute atomic E-state index is 0.00177. The summed E-state index contributed by atoms with van der Waals surface area (Å²) < 4.78 is 5.60. The highest BCUT2D eigenvalue weighted by Crippen LogP contribution is 2.61. The first-order valence-corrected chi connectivity index (χ1v) is 9.97. The maximum Gasteiger partial charge on any atom is 0.257 e. The van der Waals surface area contributed by atoms with Crippen LogP contribution in [0.1, 0.15) is 66.4 Å². The van der Waals surface area contributed by atoms with Gasteiger partial charge in [0.25, 0.3) is 5.91 Å². The van der Waals surface area contributed by atoms with Gasteiger partial charge >= 0.3 is 0 Å². The highest BCUT2D eigenvalue weighted by molar-refractivity contribution is 5.97. The van der Waals surface area contributed by atoms with Crippen LogP contribution in [0.15, 0.2) is 12.1 Å². The van der Waals surface area contributed by atoms with Crippen molar-refractivity contribution < 1.29 is 14.6 Å². The van der Waals surface area contributed by atoms with Crippen LogP contribution in [0.25, 0.3) is 0 Å². The van der Waals surface area contributed by atoms with Crippen molar-refractivity contribution in [3.05, 3.63) is 28.8 Å². The minimum Gasteiger partial charge on any atom is -0.496 e. The molecule has 0 spiro atoms. The summed E-state index contributed by atoms with van der Waals surface area (Å²) >= 11 is 0. The fourth-order valence-electron chi connectivity index (χ4n) is 6.15. The maximum atomic E-state index is 12.5. The van der Waals surface area contributed by atoms with Crippen molar-refractivity contribution in [3.63, 3.8) is 0 Å². The summed E-state index contributed by atoms with van der Waals surface area (Å²) in [4.78, 5) is 14.2. The number of hydrogen-bond acceptors (Lipinski definition) is 3. The molecule has 2 fully saturated rings. The molecule has 4 rings (SSSR count). The Bertz CT molecular complexity index is 728. The van der Waals surface area contributed by atoms with E-state index in [1.807, 2.05) is 0 Å². The molecule has 3 aliphatic rings. The zero-order valence-electron chi connectivity index (χ0n) is 16.4. The van der Waals surface area contributed by atoms with Gasteiger partial charge in [-0.1, -0.05) is 6.92 Å². The number of fused-ring (bicyclic) bond motifs is 5. The molecule has 0 aromatic heterocycles. The van der Waals surface area contributed by atoms with E-state index in [0.29, 0.717) is 29.1 Å². The molecule has 1 aromatic carbocycles. The third-order valence-electron chi connectivity index (χ3n) is 7.63. The van der Waals surface area contributed by atoms with E-state index in [0.717, 1.165) is 32.1 Å². The predicted octanol–water partition coefficient (Wildman–Crippen LogP) is 3.61. The van der Waals surface area contributed by atoms with Crippen LogP contribution < -0.4 is 4.74 Å². The Morgan fingerprint density at radius 3 is 2.69 bits per heavy atom. The zero-order chi connectivity index (χ0) is 18.6. The second-order valence-corrected chi connectivity index (χ2v) is 9.00. The fraction of sp³-hybridized carbons (Fsp3) is 0.682. The van der Waals surface area contributed by atoms with Gasteiger partial charge in [-0.05, 0) is 85.0 Å². The van der Waals surface area contributed by atoms with Crippen LogP contribution in [0.2, 0.25) is 0 Å². The molecule has 0 unspecified atom stereocenters. The van der Waals surface area contributed by atoms with Crippen LogP contribution in [0.3, 0.4) is 0 Å². The molecule has 1 aromatic rings. The number of aliphatic hydroxyl groups is 1. The van der Waals surface area contributed by atoms with Crippen molar-refractivity contribution in [1.82, 2.24) is 4.90 Å². The average molecular weight is 357 g/mol. The molecule has 0 saturated heterocycles. The Morgan fingerprint density at radius 2 is 2.00 bits per heavy atom. The van der Waals surface area contributed by atoms with Crippen LogP contribution in [-0.2, 0) is 6.42 Å². The molecule has 5 atom stereocenters. The van der Waals surface area contributed by atoms with Crippen molar-refractivity contribution >= 4 is 5.91 Å². The first kappa shape index (κ1) is 17.8. The highest BCUT2D eigenvalue weighted by atomic mass is 16.5. The smallest absolute Gasteiger partial charge is 0.257 e. The Labute approximate surface area is 156 Å². The molecule has 4 nitrogen and oxygen atoms in total. The van der Waals surface area contributed by atoms with E-state index in [9.17, 15) is 9.90 Å². The molecule has 1 N–H and O–H groups in total. The number of hydrogen-bond donors (Lipinski definition) is 1.